The fraction of sp³-hybridized carbons (Fsp3) is 0.0833. The first-order valence-electron chi connectivity index (χ1n) is 4.96. The Morgan fingerprint density at radius 3 is 3.12 bits per heavy atom. The fourth-order valence-electron chi connectivity index (χ4n) is 1.37. The predicted molar refractivity (Wildman–Crippen MR) is 65.8 cm³/mol. The van der Waals surface area contributed by atoms with Crippen LogP contribution >= 0.6 is 11.3 Å². The highest BCUT2D eigenvalue weighted by Crippen LogP contribution is 2.13. The van der Waals surface area contributed by atoms with E-state index in [9.17, 15) is 4.79 Å². The highest BCUT2D eigenvalue weighted by molar-refractivity contribution is 7.13. The molecule has 17 heavy (non-hydrogen) atoms. The minimum absolute atomic E-state index is 0.209. The monoisotopic (exact) mass is 243 g/mol. The van der Waals surface area contributed by atoms with Gasteiger partial charge in [-0.2, -0.15) is 5.26 Å². The molecule has 84 valence electrons. The Kier molecular flexibility index (Phi) is 3.48. The molecule has 1 aromatic heterocycles. The Labute approximate surface area is 103 Å². The van der Waals surface area contributed by atoms with Crippen LogP contribution in [0.2, 0.25) is 0 Å². The van der Waals surface area contributed by atoms with Gasteiger partial charge in [-0.1, -0.05) is 12.1 Å². The summed E-state index contributed by atoms with van der Waals surface area (Å²) in [6.07, 6.45) is 1.94. The van der Waals surface area contributed by atoms with Crippen molar-refractivity contribution < 1.29 is 4.79 Å². The van der Waals surface area contributed by atoms with Gasteiger partial charge in [0.25, 0.3) is 5.91 Å². The van der Waals surface area contributed by atoms with Crippen molar-refractivity contribution in [2.45, 2.75) is 6.42 Å². The number of thiazole rings is 1. The second kappa shape index (κ2) is 5.23. The van der Waals surface area contributed by atoms with Crippen LogP contribution in [0.25, 0.3) is 0 Å². The van der Waals surface area contributed by atoms with Gasteiger partial charge in [0.05, 0.1) is 12.5 Å². The number of benzene rings is 1. The predicted octanol–water partition coefficient (Wildman–Crippen LogP) is 2.46. The van der Waals surface area contributed by atoms with Crippen molar-refractivity contribution >= 4 is 22.4 Å². The van der Waals surface area contributed by atoms with Gasteiger partial charge in [-0.05, 0) is 17.7 Å². The number of amides is 1. The van der Waals surface area contributed by atoms with E-state index in [1.54, 1.807) is 29.8 Å². The van der Waals surface area contributed by atoms with Crippen LogP contribution < -0.4 is 5.32 Å². The van der Waals surface area contributed by atoms with Crippen LogP contribution in [0.1, 0.15) is 15.9 Å². The minimum atomic E-state index is -0.209. The number of nitriles is 1. The molecule has 1 amide bonds. The number of carbonyl (C=O) groups is 1. The summed E-state index contributed by atoms with van der Waals surface area (Å²) >= 11 is 1.36. The van der Waals surface area contributed by atoms with E-state index in [0.717, 1.165) is 5.56 Å². The normalized spacial score (nSPS) is 9.59. The zero-order valence-electron chi connectivity index (χ0n) is 8.88. The van der Waals surface area contributed by atoms with Crippen LogP contribution in [0.5, 0.6) is 0 Å². The Hall–Kier alpha value is -2.19. The summed E-state index contributed by atoms with van der Waals surface area (Å²) in [5.41, 5.74) is 1.37. The molecule has 0 fully saturated rings. The SMILES string of the molecule is N#CCc1cccc(C(=O)Nc2nccs2)c1. The van der Waals surface area contributed by atoms with E-state index in [4.69, 9.17) is 5.26 Å². The maximum Gasteiger partial charge on any atom is 0.257 e. The number of hydrogen-bond donors (Lipinski definition) is 1. The number of carbonyl (C=O) groups excluding carboxylic acids is 1. The highest BCUT2D eigenvalue weighted by Gasteiger charge is 2.07. The number of rotatable bonds is 3. The molecule has 4 nitrogen and oxygen atoms in total. The fourth-order valence-corrected chi connectivity index (χ4v) is 1.89. The lowest BCUT2D eigenvalue weighted by molar-refractivity contribution is 0.102. The molecule has 0 aliphatic rings. The average Bonchev–Trinajstić information content (AvgIpc) is 2.83. The van der Waals surface area contributed by atoms with E-state index >= 15 is 0 Å². The largest absolute Gasteiger partial charge is 0.298 e. The summed E-state index contributed by atoms with van der Waals surface area (Å²) in [5, 5.41) is 13.7. The van der Waals surface area contributed by atoms with Gasteiger partial charge in [0, 0.05) is 17.1 Å². The third-order valence-electron chi connectivity index (χ3n) is 2.13. The molecule has 0 radical (unpaired) electrons. The molecule has 0 aliphatic carbocycles. The van der Waals surface area contributed by atoms with E-state index in [1.807, 2.05) is 6.07 Å². The smallest absolute Gasteiger partial charge is 0.257 e. The summed E-state index contributed by atoms with van der Waals surface area (Å²) in [4.78, 5) is 15.8. The molecule has 1 N–H and O–H groups in total. The van der Waals surface area contributed by atoms with Gasteiger partial charge >= 0.3 is 0 Å². The van der Waals surface area contributed by atoms with Crippen molar-refractivity contribution in [3.8, 4) is 6.07 Å². The first kappa shape index (κ1) is 11.3. The van der Waals surface area contributed by atoms with Crippen molar-refractivity contribution in [1.29, 1.82) is 5.26 Å². The topological polar surface area (TPSA) is 65.8 Å². The van der Waals surface area contributed by atoms with Gasteiger partial charge in [0.15, 0.2) is 5.13 Å². The van der Waals surface area contributed by atoms with Gasteiger partial charge in [-0.3, -0.25) is 10.1 Å². The van der Waals surface area contributed by atoms with Gasteiger partial charge in [-0.25, -0.2) is 4.98 Å². The summed E-state index contributed by atoms with van der Waals surface area (Å²) in [5.74, 6) is -0.209. The molecule has 2 rings (SSSR count). The van der Waals surface area contributed by atoms with Crippen LogP contribution in [0.15, 0.2) is 35.8 Å². The maximum absolute atomic E-state index is 11.8. The van der Waals surface area contributed by atoms with Gasteiger partial charge in [0.2, 0.25) is 0 Å². The summed E-state index contributed by atoms with van der Waals surface area (Å²) in [6.45, 7) is 0. The van der Waals surface area contributed by atoms with Crippen molar-refractivity contribution in [3.05, 3.63) is 47.0 Å². The van der Waals surface area contributed by atoms with Gasteiger partial charge in [0.1, 0.15) is 0 Å². The second-order valence-corrected chi connectivity index (χ2v) is 4.22. The lowest BCUT2D eigenvalue weighted by atomic mass is 10.1. The molecule has 5 heteroatoms. The molecule has 2 aromatic rings. The van der Waals surface area contributed by atoms with Crippen LogP contribution in [0.4, 0.5) is 5.13 Å². The van der Waals surface area contributed by atoms with E-state index in [-0.39, 0.29) is 5.91 Å². The third-order valence-corrected chi connectivity index (χ3v) is 2.81. The lowest BCUT2D eigenvalue weighted by Crippen LogP contribution is -2.11. The summed E-state index contributed by atoms with van der Waals surface area (Å²) in [7, 11) is 0. The highest BCUT2D eigenvalue weighted by atomic mass is 32.1. The zero-order chi connectivity index (χ0) is 12.1. The third kappa shape index (κ3) is 2.89. The number of nitrogens with zero attached hydrogens (tertiary/aromatic N) is 2. The van der Waals surface area contributed by atoms with Crippen molar-refractivity contribution in [2.24, 2.45) is 0 Å². The van der Waals surface area contributed by atoms with Crippen LogP contribution in [0, 0.1) is 11.3 Å². The molecule has 0 bridgehead atoms. The van der Waals surface area contributed by atoms with E-state index < -0.39 is 0 Å². The van der Waals surface area contributed by atoms with Crippen LogP contribution in [-0.2, 0) is 6.42 Å². The van der Waals surface area contributed by atoms with E-state index in [1.165, 1.54) is 11.3 Å². The van der Waals surface area contributed by atoms with Crippen molar-refractivity contribution in [2.75, 3.05) is 5.32 Å². The van der Waals surface area contributed by atoms with E-state index in [2.05, 4.69) is 16.4 Å². The van der Waals surface area contributed by atoms with Crippen LogP contribution in [-0.4, -0.2) is 10.9 Å². The Balaban J connectivity index is 2.14. The van der Waals surface area contributed by atoms with Crippen molar-refractivity contribution in [3.63, 3.8) is 0 Å². The zero-order valence-corrected chi connectivity index (χ0v) is 9.70. The van der Waals surface area contributed by atoms with E-state index in [0.29, 0.717) is 17.1 Å². The molecule has 0 spiro atoms. The lowest BCUT2D eigenvalue weighted by Gasteiger charge is -2.02. The van der Waals surface area contributed by atoms with Gasteiger partial charge in [-0.15, -0.1) is 11.3 Å². The Bertz CT molecular complexity index is 557. The first-order valence-corrected chi connectivity index (χ1v) is 5.84. The standard InChI is InChI=1S/C12H9N3OS/c13-5-4-9-2-1-3-10(8-9)11(16)15-12-14-6-7-17-12/h1-3,6-8H,4H2,(H,14,15,16). The number of nitrogens with one attached hydrogen (secondary N) is 1. The Morgan fingerprint density at radius 2 is 2.41 bits per heavy atom. The quantitative estimate of drug-likeness (QED) is 0.900. The summed E-state index contributed by atoms with van der Waals surface area (Å²) in [6, 6.07) is 9.07. The average molecular weight is 243 g/mol. The second-order valence-electron chi connectivity index (χ2n) is 3.33. The molecule has 0 aliphatic heterocycles. The Morgan fingerprint density at radius 1 is 1.53 bits per heavy atom. The molecule has 1 aromatic carbocycles. The molecule has 0 atom stereocenters. The maximum atomic E-state index is 11.8. The van der Waals surface area contributed by atoms with Crippen LogP contribution in [0.3, 0.4) is 0 Å². The molecule has 1 heterocycles. The van der Waals surface area contributed by atoms with Gasteiger partial charge < -0.3 is 0 Å². The van der Waals surface area contributed by atoms with Crippen molar-refractivity contribution in [1.82, 2.24) is 4.98 Å². The minimum Gasteiger partial charge on any atom is -0.298 e. The number of aromatic nitrogens is 1. The first-order chi connectivity index (χ1) is 8.29. The molecule has 0 unspecified atom stereocenters. The number of anilines is 1. The molecular formula is C12H9N3OS. The molecular weight excluding hydrogens is 234 g/mol. The molecule has 0 saturated carbocycles. The summed E-state index contributed by atoms with van der Waals surface area (Å²) < 4.78 is 0. The molecule has 0 saturated heterocycles. The number of hydrogen-bond acceptors (Lipinski definition) is 4.